The average molecular weight is 405 g/mol. The highest BCUT2D eigenvalue weighted by Gasteiger charge is 2.17. The first-order chi connectivity index (χ1) is 12.9. The number of anilines is 2. The summed E-state index contributed by atoms with van der Waals surface area (Å²) in [5.74, 6) is -0.267. The van der Waals surface area contributed by atoms with Crippen molar-refractivity contribution in [2.24, 2.45) is 0 Å². The lowest BCUT2D eigenvalue weighted by molar-refractivity contribution is -0.383. The largest absolute Gasteiger partial charge is 0.365 e. The van der Waals surface area contributed by atoms with Crippen LogP contribution in [-0.4, -0.2) is 29.4 Å². The smallest absolute Gasteiger partial charge is 0.278 e. The molecule has 0 aliphatic heterocycles. The van der Waals surface area contributed by atoms with Crippen LogP contribution in [0.15, 0.2) is 48.8 Å². The van der Waals surface area contributed by atoms with Crippen molar-refractivity contribution < 1.29 is 9.72 Å². The Morgan fingerprint density at radius 2 is 1.96 bits per heavy atom. The summed E-state index contributed by atoms with van der Waals surface area (Å²) < 4.78 is 0. The van der Waals surface area contributed by atoms with Gasteiger partial charge in [-0.05, 0) is 30.3 Å². The van der Waals surface area contributed by atoms with E-state index in [4.69, 9.17) is 23.2 Å². The molecule has 0 bridgehead atoms. The van der Waals surface area contributed by atoms with Crippen molar-refractivity contribution in [3.63, 3.8) is 0 Å². The predicted molar refractivity (Wildman–Crippen MR) is 107 cm³/mol. The minimum Gasteiger partial charge on any atom is -0.365 e. The molecule has 0 aliphatic rings. The van der Waals surface area contributed by atoms with E-state index in [1.807, 2.05) is 0 Å². The van der Waals surface area contributed by atoms with E-state index in [0.29, 0.717) is 32.2 Å². The molecule has 138 valence electrons. The molecule has 0 atom stereocenters. The fourth-order valence-corrected chi connectivity index (χ4v) is 3.02. The molecule has 7 nitrogen and oxygen atoms in total. The van der Waals surface area contributed by atoms with Crippen molar-refractivity contribution in [2.45, 2.75) is 0 Å². The minimum absolute atomic E-state index is 0.0319. The first kappa shape index (κ1) is 18.9. The number of pyridine rings is 1. The summed E-state index contributed by atoms with van der Waals surface area (Å²) in [5, 5.41) is 15.8. The van der Waals surface area contributed by atoms with Gasteiger partial charge in [-0.25, -0.2) is 0 Å². The molecule has 0 saturated heterocycles. The molecule has 1 heterocycles. The van der Waals surface area contributed by atoms with E-state index < -0.39 is 4.92 Å². The summed E-state index contributed by atoms with van der Waals surface area (Å²) in [5.41, 5.74) is 1.18. The Kier molecular flexibility index (Phi) is 5.43. The number of non-ortho nitro benzene ring substituents is 1. The van der Waals surface area contributed by atoms with Crippen LogP contribution in [0.5, 0.6) is 0 Å². The van der Waals surface area contributed by atoms with E-state index in [2.05, 4.69) is 10.3 Å². The third-order valence-electron chi connectivity index (χ3n) is 3.96. The van der Waals surface area contributed by atoms with Crippen LogP contribution in [0.2, 0.25) is 10.0 Å². The third kappa shape index (κ3) is 4.10. The Balaban J connectivity index is 1.82. The monoisotopic (exact) mass is 404 g/mol. The van der Waals surface area contributed by atoms with Gasteiger partial charge >= 0.3 is 0 Å². The fraction of sp³-hybridized carbons (Fsp3) is 0.111. The molecule has 0 radical (unpaired) electrons. The number of rotatable bonds is 5. The molecule has 3 rings (SSSR count). The zero-order valence-corrected chi connectivity index (χ0v) is 15.7. The van der Waals surface area contributed by atoms with E-state index in [1.54, 1.807) is 48.5 Å². The number of carbonyl (C=O) groups excluding carboxylic acids is 1. The second kappa shape index (κ2) is 7.77. The second-order valence-electron chi connectivity index (χ2n) is 5.82. The van der Waals surface area contributed by atoms with Gasteiger partial charge < -0.3 is 10.2 Å². The first-order valence-electron chi connectivity index (χ1n) is 7.84. The number of halogens is 2. The molecule has 2 aromatic carbocycles. The quantitative estimate of drug-likeness (QED) is 0.498. The molecular weight excluding hydrogens is 391 g/mol. The number of nitro benzene ring substituents is 1. The van der Waals surface area contributed by atoms with E-state index in [9.17, 15) is 14.9 Å². The highest BCUT2D eigenvalue weighted by atomic mass is 35.5. The van der Waals surface area contributed by atoms with Crippen LogP contribution in [-0.2, 0) is 4.79 Å². The van der Waals surface area contributed by atoms with Gasteiger partial charge in [0.1, 0.15) is 0 Å². The first-order valence-corrected chi connectivity index (χ1v) is 8.59. The standard InChI is InChI=1S/C18H14Cl2N4O3/c1-23(10-18(25)22-11-2-3-14(19)15(20)8-11)16-4-5-17(24(26)27)13-9-21-7-6-12(13)16/h2-9H,10H2,1H3,(H,22,25). The number of aromatic nitrogens is 1. The Morgan fingerprint density at radius 1 is 1.19 bits per heavy atom. The summed E-state index contributed by atoms with van der Waals surface area (Å²) in [6, 6.07) is 9.53. The van der Waals surface area contributed by atoms with Gasteiger partial charge in [-0.1, -0.05) is 23.2 Å². The number of hydrogen-bond acceptors (Lipinski definition) is 5. The topological polar surface area (TPSA) is 88.4 Å². The van der Waals surface area contributed by atoms with Crippen molar-refractivity contribution in [3.05, 3.63) is 69.0 Å². The van der Waals surface area contributed by atoms with Crippen LogP contribution in [0.3, 0.4) is 0 Å². The maximum absolute atomic E-state index is 12.4. The summed E-state index contributed by atoms with van der Waals surface area (Å²) in [4.78, 5) is 28.8. The van der Waals surface area contributed by atoms with Crippen molar-refractivity contribution in [3.8, 4) is 0 Å². The number of nitro groups is 1. The average Bonchev–Trinajstić information content (AvgIpc) is 2.63. The van der Waals surface area contributed by atoms with E-state index in [-0.39, 0.29) is 18.1 Å². The van der Waals surface area contributed by atoms with Crippen molar-refractivity contribution in [1.82, 2.24) is 4.98 Å². The van der Waals surface area contributed by atoms with Gasteiger partial charge in [0.25, 0.3) is 5.69 Å². The number of fused-ring (bicyclic) bond motifs is 1. The highest BCUT2D eigenvalue weighted by molar-refractivity contribution is 6.42. The lowest BCUT2D eigenvalue weighted by atomic mass is 10.1. The van der Waals surface area contributed by atoms with Gasteiger partial charge in [0, 0.05) is 42.3 Å². The Labute approximate surface area is 164 Å². The highest BCUT2D eigenvalue weighted by Crippen LogP contribution is 2.32. The lowest BCUT2D eigenvalue weighted by Gasteiger charge is -2.20. The summed E-state index contributed by atoms with van der Waals surface area (Å²) in [6.07, 6.45) is 3.00. The molecule has 1 amide bonds. The number of carbonyl (C=O) groups is 1. The summed E-state index contributed by atoms with van der Waals surface area (Å²) in [7, 11) is 1.73. The number of hydrogen-bond donors (Lipinski definition) is 1. The molecule has 0 aliphatic carbocycles. The van der Waals surface area contributed by atoms with E-state index in [1.165, 1.54) is 12.3 Å². The van der Waals surface area contributed by atoms with Crippen molar-refractivity contribution >= 4 is 56.9 Å². The molecule has 0 unspecified atom stereocenters. The van der Waals surface area contributed by atoms with Crippen molar-refractivity contribution in [1.29, 1.82) is 0 Å². The molecule has 1 aromatic heterocycles. The molecule has 3 aromatic rings. The third-order valence-corrected chi connectivity index (χ3v) is 4.70. The zero-order valence-electron chi connectivity index (χ0n) is 14.1. The number of amides is 1. The van der Waals surface area contributed by atoms with Crippen LogP contribution in [0, 0.1) is 10.1 Å². The van der Waals surface area contributed by atoms with E-state index >= 15 is 0 Å². The molecule has 27 heavy (non-hydrogen) atoms. The second-order valence-corrected chi connectivity index (χ2v) is 6.63. The maximum Gasteiger partial charge on any atom is 0.278 e. The van der Waals surface area contributed by atoms with E-state index in [0.717, 1.165) is 0 Å². The van der Waals surface area contributed by atoms with Gasteiger partial charge in [-0.2, -0.15) is 0 Å². The van der Waals surface area contributed by atoms with Gasteiger partial charge in [0.15, 0.2) is 0 Å². The van der Waals surface area contributed by atoms with Crippen LogP contribution in [0.25, 0.3) is 10.8 Å². The Bertz CT molecular complexity index is 1040. The minimum atomic E-state index is -0.454. The fourth-order valence-electron chi connectivity index (χ4n) is 2.73. The van der Waals surface area contributed by atoms with Crippen LogP contribution >= 0.6 is 23.2 Å². The number of nitrogens with zero attached hydrogens (tertiary/aromatic N) is 3. The molecule has 0 spiro atoms. The summed E-state index contributed by atoms with van der Waals surface area (Å²) in [6.45, 7) is 0.0372. The maximum atomic E-state index is 12.4. The number of nitrogens with one attached hydrogen (secondary N) is 1. The van der Waals surface area contributed by atoms with Gasteiger partial charge in [-0.3, -0.25) is 19.9 Å². The molecule has 0 saturated carbocycles. The zero-order chi connectivity index (χ0) is 19.6. The molecule has 0 fully saturated rings. The Morgan fingerprint density at radius 3 is 2.67 bits per heavy atom. The molecule has 1 N–H and O–H groups in total. The number of benzene rings is 2. The van der Waals surface area contributed by atoms with Crippen molar-refractivity contribution in [2.75, 3.05) is 23.8 Å². The Hall–Kier alpha value is -2.90. The predicted octanol–water partition coefficient (Wildman–Crippen LogP) is 4.52. The van der Waals surface area contributed by atoms with Crippen LogP contribution in [0.4, 0.5) is 17.1 Å². The van der Waals surface area contributed by atoms with Gasteiger partial charge in [0.2, 0.25) is 5.91 Å². The van der Waals surface area contributed by atoms with Gasteiger partial charge in [0.05, 0.1) is 26.9 Å². The normalized spacial score (nSPS) is 10.6. The molecule has 9 heteroatoms. The summed E-state index contributed by atoms with van der Waals surface area (Å²) >= 11 is 11.8. The SMILES string of the molecule is CN(CC(=O)Nc1ccc(Cl)c(Cl)c1)c1ccc([N+](=O)[O-])c2cnccc12. The van der Waals surface area contributed by atoms with Crippen LogP contribution < -0.4 is 10.2 Å². The van der Waals surface area contributed by atoms with Crippen LogP contribution in [0.1, 0.15) is 0 Å². The molecular formula is C18H14Cl2N4O3. The van der Waals surface area contributed by atoms with Gasteiger partial charge in [-0.15, -0.1) is 0 Å². The number of likely N-dealkylation sites (N-methyl/N-ethyl adjacent to an activating group) is 1. The lowest BCUT2D eigenvalue weighted by Crippen LogP contribution is -2.30.